The van der Waals surface area contributed by atoms with Gasteiger partial charge >= 0.3 is 0 Å². The minimum Gasteiger partial charge on any atom is -0.494 e. The van der Waals surface area contributed by atoms with Crippen LogP contribution < -0.4 is 9.64 Å². The molecule has 0 saturated heterocycles. The number of halogens is 2. The van der Waals surface area contributed by atoms with E-state index in [4.69, 9.17) is 21.3 Å². The molecule has 3 aromatic heterocycles. The largest absolute Gasteiger partial charge is 0.494 e. The number of nitrogens with zero attached hydrogens (tertiary/aromatic N) is 6. The fraction of sp³-hybridized carbons (Fsp3) is 0.273. The third-order valence-electron chi connectivity index (χ3n) is 5.59. The van der Waals surface area contributed by atoms with Crippen LogP contribution in [0.1, 0.15) is 17.0 Å². The summed E-state index contributed by atoms with van der Waals surface area (Å²) < 4.78 is 21.2. The molecular formula is C22H20ClFN6O. The number of pyridine rings is 1. The Morgan fingerprint density at radius 3 is 2.77 bits per heavy atom. The van der Waals surface area contributed by atoms with E-state index in [9.17, 15) is 4.39 Å². The average Bonchev–Trinajstić information content (AvgIpc) is 3.09. The molecule has 4 aromatic rings. The van der Waals surface area contributed by atoms with Gasteiger partial charge in [0, 0.05) is 67.2 Å². The van der Waals surface area contributed by atoms with E-state index >= 15 is 0 Å². The molecule has 7 nitrogen and oxygen atoms in total. The van der Waals surface area contributed by atoms with E-state index in [0.29, 0.717) is 29.8 Å². The van der Waals surface area contributed by atoms with Crippen LogP contribution in [-0.4, -0.2) is 38.4 Å². The smallest absolute Gasteiger partial charge is 0.224 e. The van der Waals surface area contributed by atoms with Crippen molar-refractivity contribution in [2.75, 3.05) is 18.6 Å². The van der Waals surface area contributed by atoms with E-state index in [1.165, 1.54) is 13.2 Å². The van der Waals surface area contributed by atoms with Crippen molar-refractivity contribution >= 4 is 28.3 Å². The van der Waals surface area contributed by atoms with Crippen LogP contribution in [0.5, 0.6) is 5.75 Å². The second-order valence-corrected chi connectivity index (χ2v) is 7.96. The van der Waals surface area contributed by atoms with Crippen molar-refractivity contribution < 1.29 is 9.13 Å². The molecule has 4 heterocycles. The highest BCUT2D eigenvalue weighted by molar-refractivity contribution is 6.28. The number of benzene rings is 1. The first-order valence-electron chi connectivity index (χ1n) is 9.87. The summed E-state index contributed by atoms with van der Waals surface area (Å²) in [4.78, 5) is 15.5. The van der Waals surface area contributed by atoms with Gasteiger partial charge in [0.1, 0.15) is 5.82 Å². The van der Waals surface area contributed by atoms with Crippen LogP contribution in [0.15, 0.2) is 30.6 Å². The van der Waals surface area contributed by atoms with E-state index < -0.39 is 5.82 Å². The first-order chi connectivity index (χ1) is 14.9. The Balaban J connectivity index is 1.57. The van der Waals surface area contributed by atoms with Crippen LogP contribution in [-0.2, 0) is 20.0 Å². The number of aromatic nitrogens is 5. The predicted molar refractivity (Wildman–Crippen MR) is 117 cm³/mol. The Bertz CT molecular complexity index is 1320. The molecule has 0 aliphatic carbocycles. The zero-order valence-corrected chi connectivity index (χ0v) is 18.1. The van der Waals surface area contributed by atoms with Gasteiger partial charge in [0.2, 0.25) is 5.28 Å². The molecule has 0 unspecified atom stereocenters. The van der Waals surface area contributed by atoms with Crippen molar-refractivity contribution in [3.63, 3.8) is 0 Å². The van der Waals surface area contributed by atoms with Gasteiger partial charge < -0.3 is 9.64 Å². The van der Waals surface area contributed by atoms with Gasteiger partial charge in [-0.2, -0.15) is 10.1 Å². The highest BCUT2D eigenvalue weighted by Gasteiger charge is 2.23. The molecule has 0 fully saturated rings. The lowest BCUT2D eigenvalue weighted by Gasteiger charge is -2.30. The Hall–Kier alpha value is -3.26. The van der Waals surface area contributed by atoms with Crippen LogP contribution in [0.4, 0.5) is 10.2 Å². The quantitative estimate of drug-likeness (QED) is 0.448. The summed E-state index contributed by atoms with van der Waals surface area (Å²) in [5, 5.41) is 5.21. The van der Waals surface area contributed by atoms with Crippen LogP contribution in [0.2, 0.25) is 5.28 Å². The standard InChI is InChI=1S/C22H20ClFN6O/c1-12-16(11-29(2)28-12)13-6-14-10-30(5-4-18(14)25-9-13)21-15-7-20(31-3)17(24)8-19(15)26-22(23)27-21/h6-9,11H,4-5,10H2,1-3H3. The molecule has 9 heteroatoms. The van der Waals surface area contributed by atoms with Gasteiger partial charge in [-0.15, -0.1) is 0 Å². The number of hydrogen-bond donors (Lipinski definition) is 0. The van der Waals surface area contributed by atoms with E-state index in [1.54, 1.807) is 10.7 Å². The maximum absolute atomic E-state index is 14.2. The first-order valence-corrected chi connectivity index (χ1v) is 10.2. The number of anilines is 1. The fourth-order valence-corrected chi connectivity index (χ4v) is 4.29. The molecule has 0 saturated carbocycles. The van der Waals surface area contributed by atoms with E-state index in [0.717, 1.165) is 34.5 Å². The summed E-state index contributed by atoms with van der Waals surface area (Å²) >= 11 is 6.17. The molecule has 0 radical (unpaired) electrons. The van der Waals surface area contributed by atoms with Crippen molar-refractivity contribution in [3.8, 4) is 16.9 Å². The summed E-state index contributed by atoms with van der Waals surface area (Å²) in [6, 6.07) is 5.11. The Kier molecular flexibility index (Phi) is 4.74. The molecule has 0 bridgehead atoms. The van der Waals surface area contributed by atoms with Gasteiger partial charge in [0.25, 0.3) is 0 Å². The molecule has 1 aliphatic heterocycles. The highest BCUT2D eigenvalue weighted by atomic mass is 35.5. The average molecular weight is 439 g/mol. The number of ether oxygens (including phenoxy) is 1. The number of methoxy groups -OCH3 is 1. The lowest BCUT2D eigenvalue weighted by Crippen LogP contribution is -2.32. The topological polar surface area (TPSA) is 69.0 Å². The summed E-state index contributed by atoms with van der Waals surface area (Å²) in [7, 11) is 3.34. The van der Waals surface area contributed by atoms with Crippen molar-refractivity contribution in [1.82, 2.24) is 24.7 Å². The predicted octanol–water partition coefficient (Wildman–Crippen LogP) is 4.10. The molecular weight excluding hydrogens is 419 g/mol. The van der Waals surface area contributed by atoms with Gasteiger partial charge in [0.15, 0.2) is 11.6 Å². The molecule has 0 atom stereocenters. The van der Waals surface area contributed by atoms with E-state index in [-0.39, 0.29) is 11.0 Å². The zero-order valence-electron chi connectivity index (χ0n) is 17.4. The van der Waals surface area contributed by atoms with Gasteiger partial charge in [0.05, 0.1) is 18.3 Å². The van der Waals surface area contributed by atoms with Crippen LogP contribution in [0.3, 0.4) is 0 Å². The van der Waals surface area contributed by atoms with Gasteiger partial charge in [-0.3, -0.25) is 9.67 Å². The molecule has 1 aromatic carbocycles. The van der Waals surface area contributed by atoms with Crippen molar-refractivity contribution in [2.24, 2.45) is 7.05 Å². The molecule has 158 valence electrons. The van der Waals surface area contributed by atoms with Crippen LogP contribution in [0.25, 0.3) is 22.0 Å². The summed E-state index contributed by atoms with van der Waals surface area (Å²) in [5.74, 6) is 0.315. The third-order valence-corrected chi connectivity index (χ3v) is 5.75. The second kappa shape index (κ2) is 7.46. The van der Waals surface area contributed by atoms with Crippen LogP contribution in [0, 0.1) is 12.7 Å². The monoisotopic (exact) mass is 438 g/mol. The van der Waals surface area contributed by atoms with Crippen molar-refractivity contribution in [1.29, 1.82) is 0 Å². The molecule has 0 spiro atoms. The van der Waals surface area contributed by atoms with E-state index in [2.05, 4.69) is 26.0 Å². The lowest BCUT2D eigenvalue weighted by molar-refractivity contribution is 0.387. The minimum atomic E-state index is -0.486. The Labute approximate surface area is 183 Å². The van der Waals surface area contributed by atoms with Gasteiger partial charge in [-0.05, 0) is 36.2 Å². The summed E-state index contributed by atoms with van der Waals surface area (Å²) in [6.45, 7) is 3.31. The van der Waals surface area contributed by atoms with Crippen LogP contribution >= 0.6 is 11.6 Å². The minimum absolute atomic E-state index is 0.0794. The van der Waals surface area contributed by atoms with Crippen molar-refractivity contribution in [3.05, 3.63) is 58.6 Å². The molecule has 31 heavy (non-hydrogen) atoms. The molecule has 0 N–H and O–H groups in total. The maximum Gasteiger partial charge on any atom is 0.224 e. The number of hydrogen-bond acceptors (Lipinski definition) is 6. The van der Waals surface area contributed by atoms with Gasteiger partial charge in [-0.1, -0.05) is 0 Å². The second-order valence-electron chi connectivity index (χ2n) is 7.62. The van der Waals surface area contributed by atoms with Gasteiger partial charge in [-0.25, -0.2) is 9.37 Å². The number of fused-ring (bicyclic) bond motifs is 2. The first kappa shape index (κ1) is 19.7. The van der Waals surface area contributed by atoms with E-state index in [1.807, 2.05) is 26.4 Å². The Morgan fingerprint density at radius 2 is 2.03 bits per heavy atom. The summed E-state index contributed by atoms with van der Waals surface area (Å²) in [6.07, 6.45) is 4.67. The number of rotatable bonds is 3. The highest BCUT2D eigenvalue weighted by Crippen LogP contribution is 2.34. The fourth-order valence-electron chi connectivity index (χ4n) is 4.12. The normalized spacial score (nSPS) is 13.5. The summed E-state index contributed by atoms with van der Waals surface area (Å²) in [5.41, 5.74) is 5.67. The van der Waals surface area contributed by atoms with Crippen molar-refractivity contribution in [2.45, 2.75) is 19.9 Å². The molecule has 5 rings (SSSR count). The number of aryl methyl sites for hydroxylation is 2. The molecule has 0 amide bonds. The molecule has 1 aliphatic rings. The zero-order chi connectivity index (χ0) is 21.7. The third kappa shape index (κ3) is 3.46. The Morgan fingerprint density at radius 1 is 1.19 bits per heavy atom. The maximum atomic E-state index is 14.2. The SMILES string of the molecule is COc1cc2c(N3CCc4ncc(-c5cn(C)nc5C)cc4C3)nc(Cl)nc2cc1F. The lowest BCUT2D eigenvalue weighted by atomic mass is 10.0.